The SMILES string of the molecule is CC(N)c1ccc(Sc2ccccc2Cl)cc1. The summed E-state index contributed by atoms with van der Waals surface area (Å²) < 4.78 is 0. The number of hydrogen-bond donors (Lipinski definition) is 1. The van der Waals surface area contributed by atoms with Gasteiger partial charge < -0.3 is 5.73 Å². The zero-order chi connectivity index (χ0) is 12.3. The topological polar surface area (TPSA) is 26.0 Å². The van der Waals surface area contributed by atoms with Gasteiger partial charge in [0.25, 0.3) is 0 Å². The summed E-state index contributed by atoms with van der Waals surface area (Å²) in [5.41, 5.74) is 6.96. The molecule has 17 heavy (non-hydrogen) atoms. The van der Waals surface area contributed by atoms with Crippen molar-refractivity contribution in [1.82, 2.24) is 0 Å². The Morgan fingerprint density at radius 1 is 1.06 bits per heavy atom. The normalized spacial score (nSPS) is 12.4. The van der Waals surface area contributed by atoms with Gasteiger partial charge in [-0.1, -0.05) is 47.6 Å². The average Bonchev–Trinajstić information content (AvgIpc) is 2.33. The maximum absolute atomic E-state index is 6.12. The van der Waals surface area contributed by atoms with E-state index in [1.807, 2.05) is 31.2 Å². The lowest BCUT2D eigenvalue weighted by atomic mass is 10.1. The maximum Gasteiger partial charge on any atom is 0.0545 e. The van der Waals surface area contributed by atoms with Gasteiger partial charge in [-0.2, -0.15) is 0 Å². The molecule has 2 N–H and O–H groups in total. The van der Waals surface area contributed by atoms with E-state index in [1.54, 1.807) is 11.8 Å². The van der Waals surface area contributed by atoms with Crippen molar-refractivity contribution in [2.24, 2.45) is 5.73 Å². The molecule has 1 unspecified atom stereocenters. The second kappa shape index (κ2) is 5.58. The van der Waals surface area contributed by atoms with E-state index in [0.29, 0.717) is 0 Å². The molecule has 88 valence electrons. The van der Waals surface area contributed by atoms with Crippen LogP contribution in [0.5, 0.6) is 0 Å². The van der Waals surface area contributed by atoms with Crippen LogP contribution in [0.15, 0.2) is 58.3 Å². The average molecular weight is 264 g/mol. The van der Waals surface area contributed by atoms with E-state index in [1.165, 1.54) is 4.90 Å². The fraction of sp³-hybridized carbons (Fsp3) is 0.143. The third-order valence-corrected chi connectivity index (χ3v) is 4.00. The summed E-state index contributed by atoms with van der Waals surface area (Å²) >= 11 is 7.78. The quantitative estimate of drug-likeness (QED) is 0.882. The largest absolute Gasteiger partial charge is 0.324 e. The van der Waals surface area contributed by atoms with Crippen molar-refractivity contribution in [3.63, 3.8) is 0 Å². The van der Waals surface area contributed by atoms with E-state index in [9.17, 15) is 0 Å². The van der Waals surface area contributed by atoms with Crippen molar-refractivity contribution in [2.45, 2.75) is 22.8 Å². The minimum Gasteiger partial charge on any atom is -0.324 e. The van der Waals surface area contributed by atoms with Crippen LogP contribution in [0.3, 0.4) is 0 Å². The van der Waals surface area contributed by atoms with Crippen molar-refractivity contribution in [3.8, 4) is 0 Å². The van der Waals surface area contributed by atoms with Crippen molar-refractivity contribution in [2.75, 3.05) is 0 Å². The van der Waals surface area contributed by atoms with Crippen LogP contribution < -0.4 is 5.73 Å². The zero-order valence-electron chi connectivity index (χ0n) is 9.56. The summed E-state index contributed by atoms with van der Waals surface area (Å²) in [7, 11) is 0. The Hall–Kier alpha value is -0.960. The number of nitrogens with two attached hydrogens (primary N) is 1. The van der Waals surface area contributed by atoms with Gasteiger partial charge in [-0.25, -0.2) is 0 Å². The van der Waals surface area contributed by atoms with Gasteiger partial charge in [-0.15, -0.1) is 0 Å². The number of hydrogen-bond acceptors (Lipinski definition) is 2. The first-order chi connectivity index (χ1) is 8.16. The molecule has 2 rings (SSSR count). The Morgan fingerprint density at radius 3 is 2.29 bits per heavy atom. The first-order valence-corrected chi connectivity index (χ1v) is 6.64. The molecule has 3 heteroatoms. The number of benzene rings is 2. The Morgan fingerprint density at radius 2 is 1.71 bits per heavy atom. The van der Waals surface area contributed by atoms with Crippen LogP contribution in [0.4, 0.5) is 0 Å². The Balaban J connectivity index is 2.17. The van der Waals surface area contributed by atoms with Crippen LogP contribution >= 0.6 is 23.4 Å². The molecule has 0 aliphatic heterocycles. The van der Waals surface area contributed by atoms with Crippen LogP contribution in [-0.4, -0.2) is 0 Å². The molecule has 0 aliphatic carbocycles. The van der Waals surface area contributed by atoms with Crippen LogP contribution in [0, 0.1) is 0 Å². The lowest BCUT2D eigenvalue weighted by Crippen LogP contribution is -2.04. The molecule has 0 aliphatic rings. The first kappa shape index (κ1) is 12.5. The molecular formula is C14H14ClNS. The van der Waals surface area contributed by atoms with Gasteiger partial charge in [-0.3, -0.25) is 0 Å². The van der Waals surface area contributed by atoms with Crippen LogP contribution in [-0.2, 0) is 0 Å². The Kier molecular flexibility index (Phi) is 4.11. The smallest absolute Gasteiger partial charge is 0.0545 e. The Labute approximate surface area is 111 Å². The highest BCUT2D eigenvalue weighted by molar-refractivity contribution is 7.99. The summed E-state index contributed by atoms with van der Waals surface area (Å²) in [6.07, 6.45) is 0. The molecule has 2 aromatic carbocycles. The molecule has 0 aromatic heterocycles. The van der Waals surface area contributed by atoms with Gasteiger partial charge in [0, 0.05) is 15.8 Å². The van der Waals surface area contributed by atoms with Crippen molar-refractivity contribution < 1.29 is 0 Å². The third-order valence-electron chi connectivity index (χ3n) is 2.47. The maximum atomic E-state index is 6.12. The second-order valence-corrected chi connectivity index (χ2v) is 5.41. The molecule has 2 aromatic rings. The summed E-state index contributed by atoms with van der Waals surface area (Å²) in [6.45, 7) is 1.98. The fourth-order valence-corrected chi connectivity index (χ4v) is 2.58. The van der Waals surface area contributed by atoms with E-state index in [4.69, 9.17) is 17.3 Å². The van der Waals surface area contributed by atoms with E-state index >= 15 is 0 Å². The lowest BCUT2D eigenvalue weighted by molar-refractivity contribution is 0.817. The van der Waals surface area contributed by atoms with Gasteiger partial charge in [0.15, 0.2) is 0 Å². The molecule has 0 saturated heterocycles. The summed E-state index contributed by atoms with van der Waals surface area (Å²) in [5.74, 6) is 0. The van der Waals surface area contributed by atoms with Crippen molar-refractivity contribution >= 4 is 23.4 Å². The predicted molar refractivity (Wildman–Crippen MR) is 74.6 cm³/mol. The van der Waals surface area contributed by atoms with E-state index < -0.39 is 0 Å². The van der Waals surface area contributed by atoms with E-state index in [-0.39, 0.29) is 6.04 Å². The molecule has 0 heterocycles. The highest BCUT2D eigenvalue weighted by atomic mass is 35.5. The molecule has 1 nitrogen and oxygen atoms in total. The highest BCUT2D eigenvalue weighted by Crippen LogP contribution is 2.33. The van der Waals surface area contributed by atoms with Crippen LogP contribution in [0.1, 0.15) is 18.5 Å². The molecule has 1 atom stereocenters. The first-order valence-electron chi connectivity index (χ1n) is 5.45. The predicted octanol–water partition coefficient (Wildman–Crippen LogP) is 4.51. The molecular weight excluding hydrogens is 250 g/mol. The van der Waals surface area contributed by atoms with Crippen molar-refractivity contribution in [3.05, 3.63) is 59.1 Å². The minimum absolute atomic E-state index is 0.0781. The lowest BCUT2D eigenvalue weighted by Gasteiger charge is -2.07. The molecule has 0 bridgehead atoms. The van der Waals surface area contributed by atoms with Gasteiger partial charge in [0.1, 0.15) is 0 Å². The minimum atomic E-state index is 0.0781. The summed E-state index contributed by atoms with van der Waals surface area (Å²) in [5, 5.41) is 0.786. The molecule has 0 saturated carbocycles. The van der Waals surface area contributed by atoms with Gasteiger partial charge in [0.2, 0.25) is 0 Å². The second-order valence-electron chi connectivity index (χ2n) is 3.89. The van der Waals surface area contributed by atoms with E-state index in [2.05, 4.69) is 24.3 Å². The summed E-state index contributed by atoms with van der Waals surface area (Å²) in [6, 6.07) is 16.2. The van der Waals surface area contributed by atoms with Crippen molar-refractivity contribution in [1.29, 1.82) is 0 Å². The monoisotopic (exact) mass is 263 g/mol. The van der Waals surface area contributed by atoms with Gasteiger partial charge >= 0.3 is 0 Å². The van der Waals surface area contributed by atoms with Crippen LogP contribution in [0.25, 0.3) is 0 Å². The fourth-order valence-electron chi connectivity index (χ4n) is 1.49. The number of rotatable bonds is 3. The molecule has 0 radical (unpaired) electrons. The third kappa shape index (κ3) is 3.25. The summed E-state index contributed by atoms with van der Waals surface area (Å²) in [4.78, 5) is 2.24. The van der Waals surface area contributed by atoms with Gasteiger partial charge in [-0.05, 0) is 36.8 Å². The van der Waals surface area contributed by atoms with E-state index in [0.717, 1.165) is 15.5 Å². The van der Waals surface area contributed by atoms with Crippen LogP contribution in [0.2, 0.25) is 5.02 Å². The molecule has 0 amide bonds. The highest BCUT2D eigenvalue weighted by Gasteiger charge is 2.03. The standard InChI is InChI=1S/C14H14ClNS/c1-10(16)11-6-8-12(9-7-11)17-14-5-3-2-4-13(14)15/h2-10H,16H2,1H3. The zero-order valence-corrected chi connectivity index (χ0v) is 11.1. The number of halogens is 1. The molecule has 0 fully saturated rings. The Bertz CT molecular complexity index is 494. The molecule has 0 spiro atoms. The van der Waals surface area contributed by atoms with Gasteiger partial charge in [0.05, 0.1) is 5.02 Å².